The van der Waals surface area contributed by atoms with Crippen molar-refractivity contribution >= 4 is 22.6 Å². The van der Waals surface area contributed by atoms with E-state index in [2.05, 4.69) is 43.4 Å². The number of unbranched alkanes of at least 4 members (excludes halogenated alkanes) is 8. The highest BCUT2D eigenvalue weighted by Crippen LogP contribution is 2.24. The third-order valence-corrected chi connectivity index (χ3v) is 3.41. The summed E-state index contributed by atoms with van der Waals surface area (Å²) in [6.07, 6.45) is 14.4. The fourth-order valence-corrected chi connectivity index (χ4v) is 2.24. The summed E-state index contributed by atoms with van der Waals surface area (Å²) in [5, 5.41) is 0. The monoisotopic (exact) mass is 324 g/mol. The molecule has 0 aromatic carbocycles. The summed E-state index contributed by atoms with van der Waals surface area (Å²) in [7, 11) is 0. The summed E-state index contributed by atoms with van der Waals surface area (Å²) in [4.78, 5) is 0. The van der Waals surface area contributed by atoms with E-state index in [9.17, 15) is 0 Å². The van der Waals surface area contributed by atoms with Gasteiger partial charge in [-0.05, 0) is 6.42 Å². The van der Waals surface area contributed by atoms with Crippen LogP contribution in [0.1, 0.15) is 85.0 Å². The maximum atomic E-state index is 2.56. The molecule has 0 aliphatic rings. The Kier molecular flexibility index (Phi) is 10.4. The molecule has 0 aliphatic heterocycles. The first-order valence-corrected chi connectivity index (χ1v) is 7.83. The lowest BCUT2D eigenvalue weighted by atomic mass is 10.0. The molecule has 0 saturated heterocycles. The van der Waals surface area contributed by atoms with Crippen molar-refractivity contribution in [1.82, 2.24) is 0 Å². The molecule has 0 nitrogen and oxygen atoms in total. The average molecular weight is 324 g/mol. The van der Waals surface area contributed by atoms with Crippen molar-refractivity contribution in [3.8, 4) is 0 Å². The molecule has 0 fully saturated rings. The average Bonchev–Trinajstić information content (AvgIpc) is 2.14. The van der Waals surface area contributed by atoms with Gasteiger partial charge >= 0.3 is 0 Å². The summed E-state index contributed by atoms with van der Waals surface area (Å²) in [5.74, 6) is 0. The molecule has 0 amide bonds. The van der Waals surface area contributed by atoms with Gasteiger partial charge in [0.1, 0.15) is 0 Å². The lowest BCUT2D eigenvalue weighted by Crippen LogP contribution is -2.07. The highest BCUT2D eigenvalue weighted by molar-refractivity contribution is 14.1. The van der Waals surface area contributed by atoms with Crippen molar-refractivity contribution in [2.24, 2.45) is 0 Å². The molecule has 0 atom stereocenters. The molecule has 1 heteroatoms. The lowest BCUT2D eigenvalue weighted by molar-refractivity contribution is 0.536. The minimum absolute atomic E-state index is 0.513. The van der Waals surface area contributed by atoms with Crippen LogP contribution >= 0.6 is 22.6 Å². The Morgan fingerprint density at radius 1 is 0.733 bits per heavy atom. The molecule has 0 aromatic rings. The van der Waals surface area contributed by atoms with Crippen molar-refractivity contribution in [2.75, 3.05) is 0 Å². The van der Waals surface area contributed by atoms with E-state index in [4.69, 9.17) is 0 Å². The molecule has 0 spiro atoms. The van der Waals surface area contributed by atoms with Crippen LogP contribution in [0.5, 0.6) is 0 Å². The third-order valence-electron chi connectivity index (χ3n) is 2.87. The highest BCUT2D eigenvalue weighted by Gasteiger charge is 2.10. The fraction of sp³-hybridized carbons (Fsp3) is 1.00. The van der Waals surface area contributed by atoms with Crippen LogP contribution in [-0.2, 0) is 0 Å². The van der Waals surface area contributed by atoms with Gasteiger partial charge in [-0.15, -0.1) is 0 Å². The predicted molar refractivity (Wildman–Crippen MR) is 79.9 cm³/mol. The number of hydrogen-bond donors (Lipinski definition) is 0. The summed E-state index contributed by atoms with van der Waals surface area (Å²) >= 11 is 2.56. The van der Waals surface area contributed by atoms with Crippen LogP contribution in [0.25, 0.3) is 0 Å². The van der Waals surface area contributed by atoms with Gasteiger partial charge in [0.05, 0.1) is 0 Å². The van der Waals surface area contributed by atoms with Crippen molar-refractivity contribution in [2.45, 2.75) is 88.4 Å². The maximum Gasteiger partial charge on any atom is 0.0166 e. The van der Waals surface area contributed by atoms with Crippen LogP contribution in [-0.4, -0.2) is 3.42 Å². The quantitative estimate of drug-likeness (QED) is 0.258. The molecule has 0 heterocycles. The molecule has 0 N–H and O–H groups in total. The minimum atomic E-state index is 0.513. The van der Waals surface area contributed by atoms with Gasteiger partial charge in [-0.1, -0.05) is 101 Å². The smallest absolute Gasteiger partial charge is 0.0166 e. The van der Waals surface area contributed by atoms with E-state index in [-0.39, 0.29) is 0 Å². The number of rotatable bonds is 10. The van der Waals surface area contributed by atoms with Crippen LogP contribution in [0, 0.1) is 0 Å². The largest absolute Gasteiger partial charge is 0.0795 e. The Bertz CT molecular complexity index is 124. The molecule has 0 bridgehead atoms. The zero-order valence-corrected chi connectivity index (χ0v) is 13.1. The summed E-state index contributed by atoms with van der Waals surface area (Å²) < 4.78 is 0.513. The molecule has 0 radical (unpaired) electrons. The highest BCUT2D eigenvalue weighted by atomic mass is 127. The Morgan fingerprint density at radius 2 is 1.13 bits per heavy atom. The van der Waals surface area contributed by atoms with Gasteiger partial charge < -0.3 is 0 Å². The van der Waals surface area contributed by atoms with Gasteiger partial charge in [-0.25, -0.2) is 0 Å². The molecule has 0 aliphatic carbocycles. The molecule has 0 unspecified atom stereocenters. The van der Waals surface area contributed by atoms with E-state index in [1.807, 2.05) is 0 Å². The van der Waals surface area contributed by atoms with E-state index in [0.717, 1.165) is 0 Å². The van der Waals surface area contributed by atoms with Gasteiger partial charge in [0.25, 0.3) is 0 Å². The standard InChI is InChI=1S/C14H29I/c1-4-5-6-7-8-9-10-11-12-13-14(2,3)15/h4-13H2,1-3H3. The van der Waals surface area contributed by atoms with Gasteiger partial charge in [-0.3, -0.25) is 0 Å². The van der Waals surface area contributed by atoms with E-state index < -0.39 is 0 Å². The topological polar surface area (TPSA) is 0 Å². The maximum absolute atomic E-state index is 2.56. The van der Waals surface area contributed by atoms with Crippen molar-refractivity contribution < 1.29 is 0 Å². The molecule has 0 rings (SSSR count). The van der Waals surface area contributed by atoms with Crippen LogP contribution in [0.4, 0.5) is 0 Å². The van der Waals surface area contributed by atoms with Gasteiger partial charge in [0.15, 0.2) is 0 Å². The van der Waals surface area contributed by atoms with Gasteiger partial charge in [0, 0.05) is 3.42 Å². The summed E-state index contributed by atoms with van der Waals surface area (Å²) in [6.45, 7) is 6.95. The van der Waals surface area contributed by atoms with E-state index in [0.29, 0.717) is 3.42 Å². The van der Waals surface area contributed by atoms with Crippen LogP contribution in [0.15, 0.2) is 0 Å². The number of halogens is 1. The first kappa shape index (κ1) is 15.7. The minimum Gasteiger partial charge on any atom is -0.0795 e. The normalized spacial score (nSPS) is 12.0. The Balaban J connectivity index is 2.99. The molecular weight excluding hydrogens is 295 g/mol. The predicted octanol–water partition coefficient (Wildman–Crippen LogP) is 6.12. The van der Waals surface area contributed by atoms with Crippen molar-refractivity contribution in [3.05, 3.63) is 0 Å². The Labute approximate surface area is 111 Å². The third kappa shape index (κ3) is 14.7. The molecule has 15 heavy (non-hydrogen) atoms. The molecule has 0 saturated carbocycles. The van der Waals surface area contributed by atoms with E-state index in [1.165, 1.54) is 64.2 Å². The lowest BCUT2D eigenvalue weighted by Gasteiger charge is -2.15. The first-order valence-electron chi connectivity index (χ1n) is 6.75. The van der Waals surface area contributed by atoms with Crippen LogP contribution in [0.3, 0.4) is 0 Å². The SMILES string of the molecule is CCCCCCCCCCCC(C)(C)I. The fourth-order valence-electron chi connectivity index (χ4n) is 1.86. The first-order chi connectivity index (χ1) is 7.06. The molecule has 92 valence electrons. The molecule has 0 aromatic heterocycles. The zero-order chi connectivity index (χ0) is 11.6. The second kappa shape index (κ2) is 9.92. The van der Waals surface area contributed by atoms with Crippen LogP contribution in [0.2, 0.25) is 0 Å². The van der Waals surface area contributed by atoms with Crippen LogP contribution < -0.4 is 0 Å². The van der Waals surface area contributed by atoms with Crippen molar-refractivity contribution in [3.63, 3.8) is 0 Å². The summed E-state index contributed by atoms with van der Waals surface area (Å²) in [5.41, 5.74) is 0. The number of hydrogen-bond acceptors (Lipinski definition) is 0. The Morgan fingerprint density at radius 3 is 1.53 bits per heavy atom. The molecular formula is C14H29I. The number of alkyl halides is 1. The second-order valence-electron chi connectivity index (χ2n) is 5.30. The summed E-state index contributed by atoms with van der Waals surface area (Å²) in [6, 6.07) is 0. The van der Waals surface area contributed by atoms with E-state index >= 15 is 0 Å². The van der Waals surface area contributed by atoms with Crippen molar-refractivity contribution in [1.29, 1.82) is 0 Å². The zero-order valence-electron chi connectivity index (χ0n) is 10.9. The van der Waals surface area contributed by atoms with Gasteiger partial charge in [-0.2, -0.15) is 0 Å². The second-order valence-corrected chi connectivity index (χ2v) is 8.22. The van der Waals surface area contributed by atoms with E-state index in [1.54, 1.807) is 0 Å². The Hall–Kier alpha value is 0.730. The van der Waals surface area contributed by atoms with Gasteiger partial charge in [0.2, 0.25) is 0 Å².